The zero-order valence-electron chi connectivity index (χ0n) is 12.5. The van der Waals surface area contributed by atoms with Crippen LogP contribution in [0.5, 0.6) is 0 Å². The molecule has 1 N–H and O–H groups in total. The number of ether oxygens (including phenoxy) is 1. The van der Waals surface area contributed by atoms with Gasteiger partial charge in [-0.2, -0.15) is 0 Å². The second-order valence-corrected chi connectivity index (χ2v) is 7.52. The average Bonchev–Trinajstić information content (AvgIpc) is 2.58. The van der Waals surface area contributed by atoms with Gasteiger partial charge in [-0.05, 0) is 0 Å². The maximum absolute atomic E-state index is 12.0. The van der Waals surface area contributed by atoms with Crippen LogP contribution in [0.25, 0.3) is 0 Å². The first-order valence-corrected chi connectivity index (χ1v) is 9.07. The zero-order valence-corrected chi connectivity index (χ0v) is 14.2. The molecule has 0 heterocycles. The molecule has 0 fully saturated rings. The summed E-state index contributed by atoms with van der Waals surface area (Å²) >= 11 is -0.148. The van der Waals surface area contributed by atoms with E-state index in [0.29, 0.717) is 6.42 Å². The normalized spacial score (nSPS) is 13.4. The third-order valence-corrected chi connectivity index (χ3v) is 6.10. The summed E-state index contributed by atoms with van der Waals surface area (Å²) in [6.45, 7) is 0. The fourth-order valence-electron chi connectivity index (χ4n) is 2.16. The summed E-state index contributed by atoms with van der Waals surface area (Å²) in [5.41, 5.74) is 1.16. The first-order chi connectivity index (χ1) is 10.7. The van der Waals surface area contributed by atoms with E-state index in [1.165, 1.54) is 7.11 Å². The predicted molar refractivity (Wildman–Crippen MR) is 88.4 cm³/mol. The predicted octanol–water partition coefficient (Wildman–Crippen LogP) is 1.97. The Kier molecular flexibility index (Phi) is 6.66. The number of esters is 1. The van der Waals surface area contributed by atoms with E-state index < -0.39 is 10.9 Å². The number of carbonyl (C=O) groups is 1. The molecule has 3 nitrogen and oxygen atoms in total. The second kappa shape index (κ2) is 8.74. The number of carbonyl (C=O) groups excluding carboxylic acids is 1. The minimum absolute atomic E-state index is 0.148. The Labute approximate surface area is 137 Å². The van der Waals surface area contributed by atoms with Gasteiger partial charge in [0.15, 0.2) is 0 Å². The van der Waals surface area contributed by atoms with Crippen molar-refractivity contribution in [3.63, 3.8) is 0 Å². The van der Waals surface area contributed by atoms with Crippen LogP contribution in [0.15, 0.2) is 60.7 Å². The Morgan fingerprint density at radius 2 is 1.68 bits per heavy atom. The van der Waals surface area contributed by atoms with E-state index in [1.54, 1.807) is 0 Å². The third-order valence-electron chi connectivity index (χ3n) is 3.36. The average molecular weight is 363 g/mol. The standard InChI is InChI=1S/C18H20O3Se/c1-21-18(20)17(22-15-10-6-3-7-11-15)16(19)13-12-14-8-4-2-5-9-14/h2-11,16-17,19H,12-13H2,1H3/t16-,17+/m1/s1. The molecule has 0 unspecified atom stereocenters. The van der Waals surface area contributed by atoms with Crippen LogP contribution in [-0.4, -0.2) is 39.2 Å². The number of rotatable bonds is 7. The summed E-state index contributed by atoms with van der Waals surface area (Å²) in [5, 5.41) is 10.4. The molecule has 2 rings (SSSR count). The molecule has 0 saturated carbocycles. The molecule has 2 atom stereocenters. The van der Waals surface area contributed by atoms with E-state index in [2.05, 4.69) is 0 Å². The van der Waals surface area contributed by atoms with Crippen molar-refractivity contribution in [3.05, 3.63) is 66.2 Å². The summed E-state index contributed by atoms with van der Waals surface area (Å²) < 4.78 is 5.96. The molecule has 0 aliphatic rings. The molecule has 22 heavy (non-hydrogen) atoms. The number of hydrogen-bond donors (Lipinski definition) is 1. The molecule has 0 spiro atoms. The Balaban J connectivity index is 2.00. The number of aryl methyl sites for hydroxylation is 1. The fraction of sp³-hybridized carbons (Fsp3) is 0.278. The van der Waals surface area contributed by atoms with Crippen LogP contribution in [0.3, 0.4) is 0 Å². The van der Waals surface area contributed by atoms with Crippen LogP contribution in [0.2, 0.25) is 4.82 Å². The molecule has 2 aromatic rings. The van der Waals surface area contributed by atoms with Crippen LogP contribution < -0.4 is 4.46 Å². The first kappa shape index (κ1) is 16.8. The van der Waals surface area contributed by atoms with Crippen LogP contribution in [0, 0.1) is 0 Å². The quantitative estimate of drug-likeness (QED) is 0.604. The fourth-order valence-corrected chi connectivity index (χ4v) is 4.45. The van der Waals surface area contributed by atoms with E-state index in [-0.39, 0.29) is 20.9 Å². The Hall–Kier alpha value is -1.61. The molecule has 0 bridgehead atoms. The number of hydrogen-bond acceptors (Lipinski definition) is 3. The van der Waals surface area contributed by atoms with Gasteiger partial charge in [-0.25, -0.2) is 0 Å². The summed E-state index contributed by atoms with van der Waals surface area (Å²) in [7, 11) is 1.38. The molecular weight excluding hydrogens is 343 g/mol. The molecule has 0 radical (unpaired) electrons. The second-order valence-electron chi connectivity index (χ2n) is 4.97. The number of aliphatic hydroxyl groups is 1. The third kappa shape index (κ3) is 4.99. The van der Waals surface area contributed by atoms with E-state index in [4.69, 9.17) is 4.74 Å². The van der Waals surface area contributed by atoms with Crippen LogP contribution in [-0.2, 0) is 16.0 Å². The van der Waals surface area contributed by atoms with Crippen molar-refractivity contribution in [1.82, 2.24) is 0 Å². The number of benzene rings is 2. The maximum atomic E-state index is 12.0. The topological polar surface area (TPSA) is 46.5 Å². The summed E-state index contributed by atoms with van der Waals surface area (Å²) in [5.74, 6) is -0.329. The van der Waals surface area contributed by atoms with Crippen molar-refractivity contribution in [3.8, 4) is 0 Å². The summed E-state index contributed by atoms with van der Waals surface area (Å²) in [6.07, 6.45) is 0.617. The van der Waals surface area contributed by atoms with Gasteiger partial charge < -0.3 is 0 Å². The van der Waals surface area contributed by atoms with Gasteiger partial charge in [0.05, 0.1) is 0 Å². The van der Waals surface area contributed by atoms with Crippen LogP contribution >= 0.6 is 0 Å². The molecule has 0 aliphatic carbocycles. The van der Waals surface area contributed by atoms with Crippen molar-refractivity contribution in [2.75, 3.05) is 7.11 Å². The first-order valence-electron chi connectivity index (χ1n) is 7.22. The van der Waals surface area contributed by atoms with E-state index in [0.717, 1.165) is 16.4 Å². The molecular formula is C18H20O3Se. The van der Waals surface area contributed by atoms with E-state index in [9.17, 15) is 9.90 Å². The van der Waals surface area contributed by atoms with Crippen molar-refractivity contribution >= 4 is 25.4 Å². The van der Waals surface area contributed by atoms with Gasteiger partial charge in [-0.1, -0.05) is 0 Å². The van der Waals surface area contributed by atoms with Crippen molar-refractivity contribution in [1.29, 1.82) is 0 Å². The molecule has 0 aromatic heterocycles. The van der Waals surface area contributed by atoms with Crippen LogP contribution in [0.4, 0.5) is 0 Å². The SMILES string of the molecule is COC(=O)[C@@H]([Se]c1ccccc1)[C@H](O)CCc1ccccc1. The molecule has 4 heteroatoms. The van der Waals surface area contributed by atoms with Gasteiger partial charge >= 0.3 is 137 Å². The number of methoxy groups -OCH3 is 1. The van der Waals surface area contributed by atoms with E-state index in [1.807, 2.05) is 60.7 Å². The van der Waals surface area contributed by atoms with Gasteiger partial charge in [0.2, 0.25) is 0 Å². The van der Waals surface area contributed by atoms with Crippen LogP contribution in [0.1, 0.15) is 12.0 Å². The van der Waals surface area contributed by atoms with Gasteiger partial charge in [0, 0.05) is 0 Å². The van der Waals surface area contributed by atoms with Crippen molar-refractivity contribution in [2.24, 2.45) is 0 Å². The van der Waals surface area contributed by atoms with Crippen molar-refractivity contribution < 1.29 is 14.6 Å². The monoisotopic (exact) mass is 364 g/mol. The summed E-state index contributed by atoms with van der Waals surface area (Å²) in [6, 6.07) is 19.8. The van der Waals surface area contributed by atoms with Crippen molar-refractivity contribution in [2.45, 2.75) is 23.8 Å². The van der Waals surface area contributed by atoms with Gasteiger partial charge in [-0.15, -0.1) is 0 Å². The molecule has 0 amide bonds. The Bertz CT molecular complexity index is 571. The van der Waals surface area contributed by atoms with E-state index >= 15 is 0 Å². The zero-order chi connectivity index (χ0) is 15.8. The molecule has 116 valence electrons. The molecule has 0 aliphatic heterocycles. The van der Waals surface area contributed by atoms with Gasteiger partial charge in [-0.3, -0.25) is 0 Å². The minimum atomic E-state index is -0.687. The number of aliphatic hydroxyl groups excluding tert-OH is 1. The summed E-state index contributed by atoms with van der Waals surface area (Å²) in [4.78, 5) is 11.5. The Morgan fingerprint density at radius 1 is 1.09 bits per heavy atom. The van der Waals surface area contributed by atoms with Gasteiger partial charge in [0.25, 0.3) is 0 Å². The molecule has 2 aromatic carbocycles. The Morgan fingerprint density at radius 3 is 2.27 bits per heavy atom. The van der Waals surface area contributed by atoms with Gasteiger partial charge in [0.1, 0.15) is 0 Å². The molecule has 0 saturated heterocycles.